The van der Waals surface area contributed by atoms with E-state index >= 15 is 0 Å². The van der Waals surface area contributed by atoms with Crippen LogP contribution < -0.4 is 26.2 Å². The third kappa shape index (κ3) is 14.0. The number of carbonyl (C=O) groups is 3. The van der Waals surface area contributed by atoms with E-state index in [0.29, 0.717) is 24.3 Å². The van der Waals surface area contributed by atoms with Gasteiger partial charge in [0.05, 0.1) is 23.3 Å². The van der Waals surface area contributed by atoms with Gasteiger partial charge in [0.1, 0.15) is 6.04 Å². The van der Waals surface area contributed by atoms with Crippen LogP contribution in [0.5, 0.6) is 0 Å². The molecule has 0 aliphatic carbocycles. The molecule has 16 heteroatoms. The summed E-state index contributed by atoms with van der Waals surface area (Å²) in [5.74, 6) is -0.537. The highest BCUT2D eigenvalue weighted by atomic mass is 19.4. The number of rotatable bonds is 21. The number of unbranched alkanes of at least 4 members (excludes halogenated alkanes) is 4. The van der Waals surface area contributed by atoms with E-state index in [1.54, 1.807) is 30.3 Å². The predicted molar refractivity (Wildman–Crippen MR) is 240 cm³/mol. The largest absolute Gasteiger partial charge is 0.465 e. The summed E-state index contributed by atoms with van der Waals surface area (Å²) in [5.41, 5.74) is 2.68. The van der Waals surface area contributed by atoms with Gasteiger partial charge in [-0.3, -0.25) is 14.5 Å². The van der Waals surface area contributed by atoms with Crippen LogP contribution in [0.3, 0.4) is 0 Å². The van der Waals surface area contributed by atoms with E-state index in [1.807, 2.05) is 39.8 Å². The second kappa shape index (κ2) is 22.7. The first-order valence-corrected chi connectivity index (χ1v) is 22.0. The van der Waals surface area contributed by atoms with Gasteiger partial charge in [0.15, 0.2) is 11.9 Å². The molecule has 0 spiro atoms. The van der Waals surface area contributed by atoms with Crippen LogP contribution in [0.2, 0.25) is 0 Å². The summed E-state index contributed by atoms with van der Waals surface area (Å²) in [5, 5.41) is 41.9. The van der Waals surface area contributed by atoms with Crippen LogP contribution in [0.15, 0.2) is 66.7 Å². The smallest absolute Gasteiger partial charge is 0.416 e. The molecule has 4 atom stereocenters. The summed E-state index contributed by atoms with van der Waals surface area (Å²) in [6.45, 7) is 14.1. The monoisotopic (exact) mass is 876 g/mol. The van der Waals surface area contributed by atoms with Crippen LogP contribution in [0.4, 0.5) is 29.5 Å². The minimum Gasteiger partial charge on any atom is -0.465 e. The molecule has 1 saturated heterocycles. The molecule has 0 radical (unpaired) electrons. The number of alkyl halides is 3. The Morgan fingerprint density at radius 3 is 2.19 bits per heavy atom. The molecule has 4 unspecified atom stereocenters. The van der Waals surface area contributed by atoms with Crippen molar-refractivity contribution < 1.29 is 37.8 Å². The quantitative estimate of drug-likeness (QED) is 0.0464. The van der Waals surface area contributed by atoms with Gasteiger partial charge in [-0.1, -0.05) is 81.6 Å². The van der Waals surface area contributed by atoms with Gasteiger partial charge in [0, 0.05) is 49.2 Å². The zero-order valence-electron chi connectivity index (χ0n) is 37.0. The fourth-order valence-corrected chi connectivity index (χ4v) is 8.26. The molecule has 1 fully saturated rings. The molecule has 0 saturated carbocycles. The number of piperazine rings is 1. The van der Waals surface area contributed by atoms with Crippen molar-refractivity contribution in [3.8, 4) is 0 Å². The number of amides is 3. The van der Waals surface area contributed by atoms with Gasteiger partial charge in [-0.2, -0.15) is 18.3 Å². The number of aryl methyl sites for hydroxylation is 1. The van der Waals surface area contributed by atoms with Crippen LogP contribution in [0, 0.1) is 19.8 Å². The van der Waals surface area contributed by atoms with E-state index < -0.39 is 48.0 Å². The Kier molecular flexibility index (Phi) is 17.5. The number of carbonyl (C=O) groups excluding carboxylic acids is 2. The molecule has 6 N–H and O–H groups in total. The molecule has 3 aromatic carbocycles. The average molecular weight is 877 g/mol. The Labute approximate surface area is 368 Å². The number of carboxylic acid groups (broad SMARTS) is 1. The maximum atomic E-state index is 13.6. The summed E-state index contributed by atoms with van der Waals surface area (Å²) >= 11 is 0. The van der Waals surface area contributed by atoms with Crippen molar-refractivity contribution in [1.82, 2.24) is 31.0 Å². The molecular weight excluding hydrogens is 814 g/mol. The lowest BCUT2D eigenvalue weighted by molar-refractivity contribution is -0.138. The van der Waals surface area contributed by atoms with Crippen molar-refractivity contribution in [2.24, 2.45) is 5.92 Å². The third-order valence-corrected chi connectivity index (χ3v) is 11.7. The van der Waals surface area contributed by atoms with E-state index in [9.17, 15) is 37.8 Å². The molecule has 342 valence electrons. The number of aliphatic hydroxyl groups is 1. The van der Waals surface area contributed by atoms with Crippen molar-refractivity contribution in [3.05, 3.63) is 94.7 Å². The molecule has 1 aromatic heterocycles. The van der Waals surface area contributed by atoms with Gasteiger partial charge < -0.3 is 36.4 Å². The number of aliphatic hydroxyl groups excluding tert-OH is 1. The molecule has 3 amide bonds. The standard InChI is InChI=1S/C47H63F3N8O5/c1-30(2)27-41(53-45(61)42(59)40(54-46(62)63)28-34-15-10-9-11-16-34)44(60)51-21-12-7-6-8-13-22-57-23-25-58(26-24-57)35-19-20-37-33(5)55-56-43(38(37)29-35)52-32(4)36-17-14-18-39(31(36)3)47(48,49)50/h9-11,14-20,29-30,32,40-42,54,59H,6-8,12-13,21-28H2,1-5H3,(H,51,60)(H,52,56)(H,53,61)(H,62,63). The van der Waals surface area contributed by atoms with Gasteiger partial charge >= 0.3 is 12.3 Å². The number of anilines is 2. The van der Waals surface area contributed by atoms with Crippen molar-refractivity contribution in [1.29, 1.82) is 0 Å². The molecule has 13 nitrogen and oxygen atoms in total. The summed E-state index contributed by atoms with van der Waals surface area (Å²) in [6, 6.07) is 17.0. The van der Waals surface area contributed by atoms with Gasteiger partial charge in [-0.05, 0) is 93.8 Å². The Hall–Kier alpha value is -5.48. The lowest BCUT2D eigenvalue weighted by Gasteiger charge is -2.36. The van der Waals surface area contributed by atoms with E-state index in [-0.39, 0.29) is 23.8 Å². The van der Waals surface area contributed by atoms with Crippen LogP contribution in [-0.2, 0) is 22.2 Å². The Morgan fingerprint density at radius 2 is 1.51 bits per heavy atom. The molecule has 2 heterocycles. The highest BCUT2D eigenvalue weighted by Crippen LogP contribution is 2.36. The lowest BCUT2D eigenvalue weighted by Crippen LogP contribution is -2.56. The summed E-state index contributed by atoms with van der Waals surface area (Å²) in [4.78, 5) is 42.5. The predicted octanol–water partition coefficient (Wildman–Crippen LogP) is 7.40. The second-order valence-corrected chi connectivity index (χ2v) is 17.0. The van der Waals surface area contributed by atoms with Crippen molar-refractivity contribution in [2.75, 3.05) is 49.5 Å². The average Bonchev–Trinajstić information content (AvgIpc) is 3.24. The first-order valence-electron chi connectivity index (χ1n) is 22.0. The van der Waals surface area contributed by atoms with E-state index in [2.05, 4.69) is 53.4 Å². The van der Waals surface area contributed by atoms with Crippen molar-refractivity contribution in [3.63, 3.8) is 0 Å². The fraction of sp³-hybridized carbons (Fsp3) is 0.511. The normalized spacial score (nSPS) is 15.4. The minimum atomic E-state index is -4.43. The number of halogens is 3. The van der Waals surface area contributed by atoms with E-state index in [0.717, 1.165) is 98.6 Å². The van der Waals surface area contributed by atoms with Gasteiger partial charge in [0.25, 0.3) is 5.91 Å². The Balaban J connectivity index is 1.03. The van der Waals surface area contributed by atoms with Crippen molar-refractivity contribution in [2.45, 2.75) is 110 Å². The third-order valence-electron chi connectivity index (χ3n) is 11.7. The number of hydrogen-bond donors (Lipinski definition) is 6. The van der Waals surface area contributed by atoms with Crippen LogP contribution in [0.1, 0.15) is 93.3 Å². The Morgan fingerprint density at radius 1 is 0.810 bits per heavy atom. The molecule has 63 heavy (non-hydrogen) atoms. The van der Waals surface area contributed by atoms with E-state index in [1.165, 1.54) is 13.0 Å². The van der Waals surface area contributed by atoms with Crippen molar-refractivity contribution >= 4 is 40.2 Å². The molecule has 4 aromatic rings. The Bertz CT molecular complexity index is 2130. The number of benzene rings is 3. The fourth-order valence-electron chi connectivity index (χ4n) is 8.26. The van der Waals surface area contributed by atoms with E-state index in [4.69, 9.17) is 0 Å². The highest BCUT2D eigenvalue weighted by molar-refractivity contribution is 5.95. The maximum absolute atomic E-state index is 13.6. The molecular formula is C47H63F3N8O5. The second-order valence-electron chi connectivity index (χ2n) is 17.0. The lowest BCUT2D eigenvalue weighted by atomic mass is 9.97. The highest BCUT2D eigenvalue weighted by Gasteiger charge is 2.34. The number of hydrogen-bond acceptors (Lipinski definition) is 9. The van der Waals surface area contributed by atoms with Crippen LogP contribution in [-0.4, -0.2) is 101 Å². The minimum absolute atomic E-state index is 0.0810. The van der Waals surface area contributed by atoms with Gasteiger partial charge in [-0.15, -0.1) is 5.10 Å². The molecule has 1 aliphatic rings. The topological polar surface area (TPSA) is 172 Å². The summed E-state index contributed by atoms with van der Waals surface area (Å²) < 4.78 is 40.9. The molecule has 5 rings (SSSR count). The molecule has 0 bridgehead atoms. The zero-order valence-corrected chi connectivity index (χ0v) is 37.0. The number of aromatic nitrogens is 2. The first kappa shape index (κ1) is 48.6. The molecule has 1 aliphatic heterocycles. The summed E-state index contributed by atoms with van der Waals surface area (Å²) in [6.07, 6.45) is -2.16. The first-order chi connectivity index (χ1) is 30.0. The van der Waals surface area contributed by atoms with Crippen LogP contribution in [0.25, 0.3) is 10.8 Å². The number of nitrogens with one attached hydrogen (secondary N) is 4. The summed E-state index contributed by atoms with van der Waals surface area (Å²) in [7, 11) is 0. The number of fused-ring (bicyclic) bond motifs is 1. The van der Waals surface area contributed by atoms with Gasteiger partial charge in [0.2, 0.25) is 5.91 Å². The van der Waals surface area contributed by atoms with Crippen LogP contribution >= 0.6 is 0 Å². The SMILES string of the molecule is Cc1c(C(C)Nc2nnc(C)c3ccc(N4CCN(CCCCCCCNC(=O)C(CC(C)C)NC(=O)C(O)C(Cc5ccccc5)NC(=O)O)CC4)cc23)cccc1C(F)(F)F. The maximum Gasteiger partial charge on any atom is 0.416 e. The number of nitrogens with zero attached hydrogens (tertiary/aromatic N) is 4. The van der Waals surface area contributed by atoms with Gasteiger partial charge in [-0.25, -0.2) is 4.79 Å². The zero-order chi connectivity index (χ0) is 45.7.